The minimum atomic E-state index is -2.99. The Bertz CT molecular complexity index is 479. The maximum atomic E-state index is 11.5. The van der Waals surface area contributed by atoms with Gasteiger partial charge in [-0.1, -0.05) is 25.1 Å². The van der Waals surface area contributed by atoms with Gasteiger partial charge in [-0.15, -0.1) is 0 Å². The molecule has 1 aliphatic rings. The van der Waals surface area contributed by atoms with Crippen molar-refractivity contribution in [1.29, 1.82) is 0 Å². The van der Waals surface area contributed by atoms with Gasteiger partial charge in [0.1, 0.15) is 0 Å². The highest BCUT2D eigenvalue weighted by atomic mass is 32.2. The van der Waals surface area contributed by atoms with E-state index < -0.39 is 9.84 Å². The van der Waals surface area contributed by atoms with Crippen LogP contribution in [0.2, 0.25) is 0 Å². The molecule has 4 heteroatoms. The third-order valence-electron chi connectivity index (χ3n) is 2.83. The first-order chi connectivity index (χ1) is 7.02. The maximum absolute atomic E-state index is 11.5. The molecule has 1 atom stereocenters. The number of sulfone groups is 1. The molecular weight excluding hydrogens is 210 g/mol. The van der Waals surface area contributed by atoms with Crippen LogP contribution in [-0.2, 0) is 22.0 Å². The van der Waals surface area contributed by atoms with Crippen LogP contribution >= 0.6 is 0 Å². The lowest BCUT2D eigenvalue weighted by Crippen LogP contribution is -2.29. The average Bonchev–Trinajstić information content (AvgIpc) is 2.15. The van der Waals surface area contributed by atoms with Crippen molar-refractivity contribution in [2.45, 2.75) is 25.1 Å². The second-order valence-electron chi connectivity index (χ2n) is 4.05. The van der Waals surface area contributed by atoms with Gasteiger partial charge in [-0.2, -0.15) is 0 Å². The SMILES string of the molecule is CCc1ccc2c(c1)[C@@H](N)CS(=O)(=O)C2. The van der Waals surface area contributed by atoms with Crippen LogP contribution < -0.4 is 5.73 Å². The fourth-order valence-corrected chi connectivity index (χ4v) is 3.58. The number of hydrogen-bond donors (Lipinski definition) is 1. The van der Waals surface area contributed by atoms with Gasteiger partial charge in [0, 0.05) is 6.04 Å². The molecule has 1 aromatic carbocycles. The number of aryl methyl sites for hydroxylation is 1. The minimum Gasteiger partial charge on any atom is -0.323 e. The summed E-state index contributed by atoms with van der Waals surface area (Å²) < 4.78 is 23.0. The Labute approximate surface area is 90.2 Å². The number of benzene rings is 1. The van der Waals surface area contributed by atoms with Crippen molar-refractivity contribution in [2.75, 3.05) is 5.75 Å². The molecule has 2 rings (SSSR count). The fraction of sp³-hybridized carbons (Fsp3) is 0.455. The van der Waals surface area contributed by atoms with Gasteiger partial charge in [-0.05, 0) is 23.1 Å². The zero-order valence-electron chi connectivity index (χ0n) is 8.73. The molecule has 2 N–H and O–H groups in total. The molecule has 0 unspecified atom stereocenters. The Morgan fingerprint density at radius 3 is 2.87 bits per heavy atom. The van der Waals surface area contributed by atoms with Crippen LogP contribution in [0, 0.1) is 0 Å². The average molecular weight is 225 g/mol. The molecule has 1 heterocycles. The van der Waals surface area contributed by atoms with E-state index in [1.165, 1.54) is 5.56 Å². The summed E-state index contributed by atoms with van der Waals surface area (Å²) >= 11 is 0. The van der Waals surface area contributed by atoms with Crippen LogP contribution in [0.1, 0.15) is 29.7 Å². The first-order valence-electron chi connectivity index (χ1n) is 5.09. The number of fused-ring (bicyclic) bond motifs is 1. The highest BCUT2D eigenvalue weighted by molar-refractivity contribution is 7.90. The second kappa shape index (κ2) is 3.61. The van der Waals surface area contributed by atoms with E-state index in [0.717, 1.165) is 17.5 Å². The molecule has 1 aromatic rings. The third-order valence-corrected chi connectivity index (χ3v) is 4.44. The molecule has 3 nitrogen and oxygen atoms in total. The summed E-state index contributed by atoms with van der Waals surface area (Å²) in [5.74, 6) is 0.215. The molecule has 0 aromatic heterocycles. The van der Waals surface area contributed by atoms with Crippen molar-refractivity contribution in [3.8, 4) is 0 Å². The van der Waals surface area contributed by atoms with E-state index in [1.54, 1.807) is 0 Å². The molecule has 0 saturated carbocycles. The van der Waals surface area contributed by atoms with E-state index in [2.05, 4.69) is 6.92 Å². The molecule has 0 radical (unpaired) electrons. The van der Waals surface area contributed by atoms with Gasteiger partial charge in [0.2, 0.25) is 0 Å². The van der Waals surface area contributed by atoms with Crippen molar-refractivity contribution in [1.82, 2.24) is 0 Å². The summed E-state index contributed by atoms with van der Waals surface area (Å²) in [6.07, 6.45) is 0.951. The van der Waals surface area contributed by atoms with Gasteiger partial charge >= 0.3 is 0 Å². The van der Waals surface area contributed by atoms with E-state index in [9.17, 15) is 8.42 Å². The van der Waals surface area contributed by atoms with Crippen LogP contribution in [0.15, 0.2) is 18.2 Å². The zero-order valence-corrected chi connectivity index (χ0v) is 9.55. The molecular formula is C11H15NO2S. The smallest absolute Gasteiger partial charge is 0.156 e. The highest BCUT2D eigenvalue weighted by Crippen LogP contribution is 2.27. The Morgan fingerprint density at radius 2 is 2.20 bits per heavy atom. The van der Waals surface area contributed by atoms with Crippen molar-refractivity contribution in [3.05, 3.63) is 34.9 Å². The lowest BCUT2D eigenvalue weighted by molar-refractivity contribution is 0.582. The van der Waals surface area contributed by atoms with Gasteiger partial charge in [-0.25, -0.2) is 8.42 Å². The van der Waals surface area contributed by atoms with E-state index in [1.807, 2.05) is 18.2 Å². The van der Waals surface area contributed by atoms with Crippen LogP contribution in [0.25, 0.3) is 0 Å². The first-order valence-corrected chi connectivity index (χ1v) is 6.91. The molecule has 0 bridgehead atoms. The van der Waals surface area contributed by atoms with Crippen LogP contribution in [-0.4, -0.2) is 14.2 Å². The van der Waals surface area contributed by atoms with Crippen LogP contribution in [0.3, 0.4) is 0 Å². The molecule has 82 valence electrons. The van der Waals surface area contributed by atoms with Crippen LogP contribution in [0.5, 0.6) is 0 Å². The molecule has 0 spiro atoms. The zero-order chi connectivity index (χ0) is 11.1. The summed E-state index contributed by atoms with van der Waals surface area (Å²) in [6, 6.07) is 5.55. The first kappa shape index (κ1) is 10.6. The molecule has 1 aliphatic heterocycles. The Hall–Kier alpha value is -0.870. The van der Waals surface area contributed by atoms with E-state index in [0.29, 0.717) is 0 Å². The Kier molecular flexibility index (Phi) is 2.56. The Balaban J connectivity index is 2.50. The summed E-state index contributed by atoms with van der Waals surface area (Å²) in [5.41, 5.74) is 8.95. The van der Waals surface area contributed by atoms with Crippen LogP contribution in [0.4, 0.5) is 0 Å². The predicted octanol–water partition coefficient (Wildman–Crippen LogP) is 1.18. The standard InChI is InChI=1S/C11H15NO2S/c1-2-8-3-4-9-6-15(13,14)7-11(12)10(9)5-8/h3-5,11H,2,6-7,12H2,1H3/t11-/m0/s1. The van der Waals surface area contributed by atoms with Gasteiger partial charge in [0.15, 0.2) is 9.84 Å². The van der Waals surface area contributed by atoms with E-state index in [4.69, 9.17) is 5.73 Å². The lowest BCUT2D eigenvalue weighted by atomic mass is 9.98. The van der Waals surface area contributed by atoms with E-state index in [-0.39, 0.29) is 17.5 Å². The van der Waals surface area contributed by atoms with Gasteiger partial charge in [-0.3, -0.25) is 0 Å². The normalized spacial score (nSPS) is 23.5. The summed E-state index contributed by atoms with van der Waals surface area (Å²) in [4.78, 5) is 0. The maximum Gasteiger partial charge on any atom is 0.156 e. The highest BCUT2D eigenvalue weighted by Gasteiger charge is 2.27. The van der Waals surface area contributed by atoms with Gasteiger partial charge < -0.3 is 5.73 Å². The molecule has 0 saturated heterocycles. The fourth-order valence-electron chi connectivity index (χ4n) is 2.00. The quantitative estimate of drug-likeness (QED) is 0.780. The molecule has 0 aliphatic carbocycles. The van der Waals surface area contributed by atoms with Crippen molar-refractivity contribution in [3.63, 3.8) is 0 Å². The number of nitrogens with two attached hydrogens (primary N) is 1. The molecule has 0 amide bonds. The van der Waals surface area contributed by atoms with Gasteiger partial charge in [0.25, 0.3) is 0 Å². The number of rotatable bonds is 1. The van der Waals surface area contributed by atoms with Crippen molar-refractivity contribution >= 4 is 9.84 Å². The van der Waals surface area contributed by atoms with Crippen molar-refractivity contribution < 1.29 is 8.42 Å². The topological polar surface area (TPSA) is 60.2 Å². The largest absolute Gasteiger partial charge is 0.323 e. The monoisotopic (exact) mass is 225 g/mol. The second-order valence-corrected chi connectivity index (χ2v) is 6.16. The van der Waals surface area contributed by atoms with Gasteiger partial charge in [0.05, 0.1) is 11.5 Å². The third kappa shape index (κ3) is 2.06. The Morgan fingerprint density at radius 1 is 1.47 bits per heavy atom. The molecule has 15 heavy (non-hydrogen) atoms. The summed E-state index contributed by atoms with van der Waals surface area (Å²) in [7, 11) is -2.99. The van der Waals surface area contributed by atoms with E-state index >= 15 is 0 Å². The summed E-state index contributed by atoms with van der Waals surface area (Å²) in [5, 5.41) is 0. The predicted molar refractivity (Wildman–Crippen MR) is 60.2 cm³/mol. The summed E-state index contributed by atoms with van der Waals surface area (Å²) in [6.45, 7) is 2.08. The minimum absolute atomic E-state index is 0.0766. The van der Waals surface area contributed by atoms with Crippen molar-refractivity contribution in [2.24, 2.45) is 5.73 Å². The lowest BCUT2D eigenvalue weighted by Gasteiger charge is -2.23. The molecule has 0 fully saturated rings. The number of hydrogen-bond acceptors (Lipinski definition) is 3.